The van der Waals surface area contributed by atoms with Gasteiger partial charge in [0.2, 0.25) is 15.9 Å². The SMILES string of the molecule is CCn1c(O)c(C(N)=O)c(C)c(N=Nc2ccc(S(=O)(=O)[N-]c3ncccn3)cc2)c1=O.[Ag+]. The van der Waals surface area contributed by atoms with Gasteiger partial charge < -0.3 is 20.8 Å². The molecule has 1 amide bonds. The van der Waals surface area contributed by atoms with E-state index in [0.717, 1.165) is 4.57 Å². The summed E-state index contributed by atoms with van der Waals surface area (Å²) in [6, 6.07) is 6.78. The van der Waals surface area contributed by atoms with Gasteiger partial charge in [-0.25, -0.2) is 8.42 Å². The molecule has 14 heteroatoms. The number of carbonyl (C=O) groups excluding carboxylic acids is 1. The fourth-order valence-electron chi connectivity index (χ4n) is 2.80. The van der Waals surface area contributed by atoms with Gasteiger partial charge in [0.05, 0.1) is 10.6 Å². The van der Waals surface area contributed by atoms with Gasteiger partial charge in [-0.1, -0.05) is 6.07 Å². The Bertz CT molecular complexity index is 1360. The maximum Gasteiger partial charge on any atom is 1.00 e. The van der Waals surface area contributed by atoms with E-state index in [9.17, 15) is 23.1 Å². The van der Waals surface area contributed by atoms with Gasteiger partial charge in [-0.05, 0) is 50.5 Å². The van der Waals surface area contributed by atoms with Crippen LogP contribution in [0.1, 0.15) is 22.8 Å². The molecule has 176 valence electrons. The number of nitrogens with zero attached hydrogens (tertiary/aromatic N) is 6. The minimum absolute atomic E-state index is 0. The summed E-state index contributed by atoms with van der Waals surface area (Å²) in [7, 11) is -4.04. The third kappa shape index (κ3) is 5.51. The molecule has 2 aromatic heterocycles. The summed E-state index contributed by atoms with van der Waals surface area (Å²) in [6.45, 7) is 3.10. The normalized spacial score (nSPS) is 11.2. The Hall–Kier alpha value is -3.39. The number of nitrogens with two attached hydrogens (primary N) is 1. The summed E-state index contributed by atoms with van der Waals surface area (Å²) in [5, 5.41) is 18.0. The van der Waals surface area contributed by atoms with Gasteiger partial charge in [-0.15, -0.1) is 5.11 Å². The van der Waals surface area contributed by atoms with E-state index in [0.29, 0.717) is 0 Å². The molecule has 3 rings (SSSR count). The molecule has 12 nitrogen and oxygen atoms in total. The van der Waals surface area contributed by atoms with Crippen LogP contribution in [-0.2, 0) is 38.9 Å². The summed E-state index contributed by atoms with van der Waals surface area (Å²) < 4.78 is 29.2. The molecule has 2 heterocycles. The maximum absolute atomic E-state index is 12.6. The third-order valence-electron chi connectivity index (χ3n) is 4.37. The number of azo groups is 1. The van der Waals surface area contributed by atoms with Crippen LogP contribution in [0, 0.1) is 6.92 Å². The zero-order chi connectivity index (χ0) is 23.5. The fourth-order valence-corrected chi connectivity index (χ4v) is 3.70. The van der Waals surface area contributed by atoms with Gasteiger partial charge >= 0.3 is 22.4 Å². The molecule has 0 aliphatic carbocycles. The maximum atomic E-state index is 12.6. The number of amides is 1. The molecule has 0 bridgehead atoms. The molecular weight excluding hydrogens is 546 g/mol. The Kier molecular flexibility index (Phi) is 8.22. The second-order valence-electron chi connectivity index (χ2n) is 6.39. The monoisotopic (exact) mass is 563 g/mol. The van der Waals surface area contributed by atoms with Crippen molar-refractivity contribution in [2.45, 2.75) is 25.3 Å². The Balaban J connectivity index is 0.00000385. The van der Waals surface area contributed by atoms with Crippen LogP contribution in [0.3, 0.4) is 0 Å². The zero-order valence-corrected chi connectivity index (χ0v) is 19.6. The van der Waals surface area contributed by atoms with E-state index >= 15 is 0 Å². The van der Waals surface area contributed by atoms with Crippen LogP contribution in [0.2, 0.25) is 0 Å². The number of carbonyl (C=O) groups is 1. The summed E-state index contributed by atoms with van der Waals surface area (Å²) in [4.78, 5) is 31.7. The van der Waals surface area contributed by atoms with Crippen molar-refractivity contribution in [2.24, 2.45) is 16.0 Å². The number of primary amides is 1. The first-order valence-electron chi connectivity index (χ1n) is 9.18. The van der Waals surface area contributed by atoms with Gasteiger partial charge in [0, 0.05) is 18.1 Å². The topological polar surface area (TPSA) is 184 Å². The quantitative estimate of drug-likeness (QED) is 0.326. The molecule has 0 radical (unpaired) electrons. The Morgan fingerprint density at radius 2 is 1.79 bits per heavy atom. The van der Waals surface area contributed by atoms with Crippen molar-refractivity contribution < 1.29 is 40.7 Å². The van der Waals surface area contributed by atoms with Gasteiger partial charge in [-0.2, -0.15) is 5.11 Å². The molecule has 0 atom stereocenters. The number of rotatable bonds is 7. The van der Waals surface area contributed by atoms with E-state index in [2.05, 4.69) is 24.9 Å². The molecule has 0 fully saturated rings. The second-order valence-corrected chi connectivity index (χ2v) is 8.00. The van der Waals surface area contributed by atoms with Gasteiger partial charge in [-0.3, -0.25) is 18.9 Å². The molecule has 3 N–H and O–H groups in total. The van der Waals surface area contributed by atoms with Crippen LogP contribution in [-0.4, -0.2) is 34.0 Å². The van der Waals surface area contributed by atoms with Crippen molar-refractivity contribution >= 4 is 33.3 Å². The molecule has 3 aromatic rings. The van der Waals surface area contributed by atoms with Crippen LogP contribution in [0.4, 0.5) is 17.3 Å². The van der Waals surface area contributed by atoms with Crippen LogP contribution < -0.4 is 11.3 Å². The predicted octanol–water partition coefficient (Wildman–Crippen LogP) is 2.58. The predicted molar refractivity (Wildman–Crippen MR) is 114 cm³/mol. The standard InChI is InChI=1S/C19H19N7O5S.Ag/c1-3-26-17(28)14(16(20)27)11(2)15(18(26)29)24-23-12-5-7-13(8-6-12)32(30,31)25-19-21-9-4-10-22-19;/h4-10H,3H2,1-2H3,(H4,20,21,22,23,25,27,28,29);/q;+1/p-1. The average molecular weight is 564 g/mol. The van der Waals surface area contributed by atoms with E-state index in [4.69, 9.17) is 5.73 Å². The second kappa shape index (κ2) is 10.5. The van der Waals surface area contributed by atoms with Crippen molar-refractivity contribution in [3.8, 4) is 5.88 Å². The number of hydrogen-bond acceptors (Lipinski definition) is 9. The Morgan fingerprint density at radius 3 is 2.33 bits per heavy atom. The van der Waals surface area contributed by atoms with E-state index in [-0.39, 0.29) is 62.3 Å². The number of benzene rings is 1. The summed E-state index contributed by atoms with van der Waals surface area (Å²) in [6.07, 6.45) is 2.73. The van der Waals surface area contributed by atoms with E-state index in [1.807, 2.05) is 0 Å². The summed E-state index contributed by atoms with van der Waals surface area (Å²) in [5.74, 6) is -1.65. The van der Waals surface area contributed by atoms with Crippen molar-refractivity contribution in [1.29, 1.82) is 0 Å². The van der Waals surface area contributed by atoms with Crippen LogP contribution in [0.5, 0.6) is 5.88 Å². The molecule has 0 saturated heterocycles. The smallest absolute Gasteiger partial charge is 0.494 e. The Labute approximate surface area is 204 Å². The number of aromatic hydroxyl groups is 1. The third-order valence-corrected chi connectivity index (χ3v) is 5.65. The number of sulfonamides is 1. The number of pyridine rings is 1. The molecule has 0 unspecified atom stereocenters. The van der Waals surface area contributed by atoms with Crippen LogP contribution in [0.25, 0.3) is 4.72 Å². The first-order chi connectivity index (χ1) is 15.2. The molecule has 0 aliphatic heterocycles. The van der Waals surface area contributed by atoms with Crippen molar-refractivity contribution in [3.05, 3.63) is 68.9 Å². The number of aromatic nitrogens is 3. The first-order valence-corrected chi connectivity index (χ1v) is 10.6. The molecule has 1 aromatic carbocycles. The average Bonchev–Trinajstić information content (AvgIpc) is 2.74. The molecule has 0 spiro atoms. The van der Waals surface area contributed by atoms with E-state index in [1.54, 1.807) is 6.92 Å². The van der Waals surface area contributed by atoms with Gasteiger partial charge in [0.1, 0.15) is 5.56 Å². The minimum atomic E-state index is -4.04. The van der Waals surface area contributed by atoms with E-state index < -0.39 is 27.4 Å². The Morgan fingerprint density at radius 1 is 1.18 bits per heavy atom. The first kappa shape index (κ1) is 25.9. The summed E-state index contributed by atoms with van der Waals surface area (Å²) in [5.41, 5.74) is 4.57. The van der Waals surface area contributed by atoms with Gasteiger partial charge in [0.25, 0.3) is 11.5 Å². The molecule has 0 aliphatic rings. The van der Waals surface area contributed by atoms with Crippen molar-refractivity contribution in [1.82, 2.24) is 14.5 Å². The molecular formula is C19H18AgN7O5S. The molecule has 0 saturated carbocycles. The molecule has 33 heavy (non-hydrogen) atoms. The van der Waals surface area contributed by atoms with E-state index in [1.165, 1.54) is 49.6 Å². The van der Waals surface area contributed by atoms with Crippen molar-refractivity contribution in [3.63, 3.8) is 0 Å². The van der Waals surface area contributed by atoms with Crippen LogP contribution in [0.15, 0.2) is 62.6 Å². The largest absolute Gasteiger partial charge is 1.00 e. The van der Waals surface area contributed by atoms with Gasteiger partial charge in [0.15, 0.2) is 5.69 Å². The summed E-state index contributed by atoms with van der Waals surface area (Å²) >= 11 is 0. The zero-order valence-electron chi connectivity index (χ0n) is 17.3. The van der Waals surface area contributed by atoms with Crippen molar-refractivity contribution in [2.75, 3.05) is 0 Å². The van der Waals surface area contributed by atoms with Crippen LogP contribution >= 0.6 is 0 Å². The minimum Gasteiger partial charge on any atom is -0.494 e. The number of hydrogen-bond donors (Lipinski definition) is 2. The fraction of sp³-hybridized carbons (Fsp3) is 0.158.